The van der Waals surface area contributed by atoms with Crippen molar-refractivity contribution in [1.29, 1.82) is 0 Å². The second kappa shape index (κ2) is 7.11. The van der Waals surface area contributed by atoms with Gasteiger partial charge < -0.3 is 0 Å². The van der Waals surface area contributed by atoms with Crippen LogP contribution in [0.2, 0.25) is 0 Å². The molecule has 0 heterocycles. The lowest BCUT2D eigenvalue weighted by Crippen LogP contribution is -2.33. The highest BCUT2D eigenvalue weighted by Crippen LogP contribution is 2.55. The van der Waals surface area contributed by atoms with Crippen LogP contribution in [0.4, 0.5) is 0 Å². The zero-order valence-electron chi connectivity index (χ0n) is 16.4. The van der Waals surface area contributed by atoms with E-state index in [0.29, 0.717) is 0 Å². The lowest BCUT2D eigenvalue weighted by atomic mass is 9.63. The number of hydrogen-bond donors (Lipinski definition) is 0. The lowest BCUT2D eigenvalue weighted by molar-refractivity contribution is 0.114. The van der Waals surface area contributed by atoms with E-state index in [2.05, 4.69) is 67.8 Å². The molecule has 0 aliphatic heterocycles. The van der Waals surface area contributed by atoms with Gasteiger partial charge in [0.05, 0.1) is 0 Å². The molecule has 0 radical (unpaired) electrons. The Morgan fingerprint density at radius 2 is 1.69 bits per heavy atom. The fraction of sp³-hybridized carbons (Fsp3) is 0.600. The van der Waals surface area contributed by atoms with Gasteiger partial charge in [-0.1, -0.05) is 73.9 Å². The summed E-state index contributed by atoms with van der Waals surface area (Å²) in [5.41, 5.74) is 5.73. The molecule has 26 heavy (non-hydrogen) atoms. The van der Waals surface area contributed by atoms with Crippen molar-refractivity contribution >= 4 is 22.6 Å². The Bertz CT molecular complexity index is 702. The molecule has 4 aliphatic rings. The van der Waals surface area contributed by atoms with E-state index < -0.39 is 0 Å². The number of allylic oxidation sites excluding steroid dienone is 8. The highest BCUT2D eigenvalue weighted by atomic mass is 127. The number of rotatable bonds is 3. The van der Waals surface area contributed by atoms with E-state index in [1.807, 2.05) is 6.08 Å². The smallest absolute Gasteiger partial charge is 0.0155 e. The van der Waals surface area contributed by atoms with Gasteiger partial charge in [-0.25, -0.2) is 0 Å². The first-order chi connectivity index (χ1) is 12.5. The van der Waals surface area contributed by atoms with Crippen LogP contribution in [0.1, 0.15) is 58.8 Å². The van der Waals surface area contributed by atoms with Crippen LogP contribution in [0.3, 0.4) is 0 Å². The van der Waals surface area contributed by atoms with E-state index in [1.54, 1.807) is 0 Å². The molecule has 0 amide bonds. The number of halogens is 1. The minimum absolute atomic E-state index is 0.0756. The Balaban J connectivity index is 1.55. The van der Waals surface area contributed by atoms with Crippen LogP contribution in [0.25, 0.3) is 0 Å². The summed E-state index contributed by atoms with van der Waals surface area (Å²) in [6.07, 6.45) is 19.3. The van der Waals surface area contributed by atoms with Gasteiger partial charge in [-0.2, -0.15) is 0 Å². The zero-order chi connectivity index (χ0) is 18.5. The summed E-state index contributed by atoms with van der Waals surface area (Å²) >= 11 is 2.69. The van der Waals surface area contributed by atoms with Crippen molar-refractivity contribution < 1.29 is 0 Å². The van der Waals surface area contributed by atoms with E-state index >= 15 is 0 Å². The van der Waals surface area contributed by atoms with Crippen LogP contribution >= 0.6 is 22.6 Å². The van der Waals surface area contributed by atoms with Crippen LogP contribution in [-0.4, -0.2) is 3.92 Å². The molecule has 140 valence electrons. The van der Waals surface area contributed by atoms with Crippen LogP contribution in [-0.2, 0) is 0 Å². The minimum Gasteiger partial charge on any atom is -0.0987 e. The van der Waals surface area contributed by atoms with Crippen LogP contribution in [0.15, 0.2) is 59.8 Å². The highest BCUT2D eigenvalue weighted by molar-refractivity contribution is 14.1. The van der Waals surface area contributed by atoms with Gasteiger partial charge in [0.15, 0.2) is 0 Å². The molecular weight excluding hydrogens is 427 g/mol. The largest absolute Gasteiger partial charge is 0.0987 e. The molecule has 0 aromatic heterocycles. The average molecular weight is 460 g/mol. The van der Waals surface area contributed by atoms with Gasteiger partial charge in [0.2, 0.25) is 0 Å². The van der Waals surface area contributed by atoms with Crippen LogP contribution in [0, 0.1) is 29.1 Å². The summed E-state index contributed by atoms with van der Waals surface area (Å²) < 4.78 is 0.938. The summed E-state index contributed by atoms with van der Waals surface area (Å²) in [6, 6.07) is 0. The van der Waals surface area contributed by atoms with Gasteiger partial charge >= 0.3 is 0 Å². The first-order valence-electron chi connectivity index (χ1n) is 10.5. The molecule has 0 aromatic carbocycles. The fourth-order valence-electron chi connectivity index (χ4n) is 6.33. The maximum absolute atomic E-state index is 4.09. The van der Waals surface area contributed by atoms with Gasteiger partial charge in [0, 0.05) is 9.34 Å². The summed E-state index contributed by atoms with van der Waals surface area (Å²) in [7, 11) is 0. The summed E-state index contributed by atoms with van der Waals surface area (Å²) in [5.74, 6) is 3.66. The number of alkyl halides is 1. The van der Waals surface area contributed by atoms with Crippen molar-refractivity contribution in [3.63, 3.8) is 0 Å². The Hall–Kier alpha value is -0.570. The molecule has 1 heteroatoms. The van der Waals surface area contributed by atoms with Gasteiger partial charge in [-0.15, -0.1) is 0 Å². The van der Waals surface area contributed by atoms with Gasteiger partial charge in [0.25, 0.3) is 0 Å². The molecule has 2 fully saturated rings. The predicted molar refractivity (Wildman–Crippen MR) is 121 cm³/mol. The van der Waals surface area contributed by atoms with E-state index in [9.17, 15) is 0 Å². The van der Waals surface area contributed by atoms with Crippen molar-refractivity contribution in [2.24, 2.45) is 29.1 Å². The van der Waals surface area contributed by atoms with Crippen LogP contribution in [0.5, 0.6) is 0 Å². The third-order valence-corrected chi connectivity index (χ3v) is 8.93. The van der Waals surface area contributed by atoms with Crippen molar-refractivity contribution in [1.82, 2.24) is 0 Å². The number of hydrogen-bond acceptors (Lipinski definition) is 0. The molecule has 0 N–H and O–H groups in total. The van der Waals surface area contributed by atoms with E-state index in [4.69, 9.17) is 0 Å². The molecule has 0 saturated heterocycles. The van der Waals surface area contributed by atoms with E-state index in [0.717, 1.165) is 27.6 Å². The molecular formula is C25H33I. The molecule has 0 bridgehead atoms. The minimum atomic E-state index is 0.0756. The van der Waals surface area contributed by atoms with Crippen molar-refractivity contribution in [3.05, 3.63) is 59.8 Å². The molecule has 2 saturated carbocycles. The van der Waals surface area contributed by atoms with Gasteiger partial charge in [-0.05, 0) is 90.9 Å². The fourth-order valence-corrected chi connectivity index (χ4v) is 7.35. The molecule has 0 spiro atoms. The molecule has 5 atom stereocenters. The topological polar surface area (TPSA) is 0 Å². The third-order valence-electron chi connectivity index (χ3n) is 7.80. The molecule has 3 unspecified atom stereocenters. The number of fused-ring (bicyclic) bond motifs is 2. The second-order valence-corrected chi connectivity index (χ2v) is 11.2. The zero-order valence-corrected chi connectivity index (χ0v) is 18.6. The Morgan fingerprint density at radius 1 is 1.00 bits per heavy atom. The van der Waals surface area contributed by atoms with Crippen molar-refractivity contribution in [2.45, 2.75) is 62.7 Å². The Morgan fingerprint density at radius 3 is 2.42 bits per heavy atom. The normalized spacial score (nSPS) is 38.8. The Kier molecular flexibility index (Phi) is 5.14. The first-order valence-corrected chi connectivity index (χ1v) is 11.8. The lowest BCUT2D eigenvalue weighted by Gasteiger charge is -2.43. The van der Waals surface area contributed by atoms with Crippen molar-refractivity contribution in [3.8, 4) is 0 Å². The molecule has 4 aliphatic carbocycles. The third kappa shape index (κ3) is 3.02. The second-order valence-electron chi connectivity index (χ2n) is 9.46. The van der Waals surface area contributed by atoms with E-state index in [-0.39, 0.29) is 5.41 Å². The van der Waals surface area contributed by atoms with Gasteiger partial charge in [-0.3, -0.25) is 0 Å². The summed E-state index contributed by atoms with van der Waals surface area (Å²) in [6.45, 7) is 12.9. The molecule has 4 rings (SSSR count). The SMILES string of the molecule is C=CC1=C(C=C)C(C)(C)C2=CC([C@H]3CCC4CC(I)CC[C@H]4C3)CC=C21. The Labute approximate surface area is 173 Å². The highest BCUT2D eigenvalue weighted by Gasteiger charge is 2.42. The average Bonchev–Trinajstić information content (AvgIpc) is 2.86. The standard InChI is InChI=1S/C25H33I/c1-5-21-22-12-10-19(15-24(22)25(3,4)23(21)6-2)16-7-8-18-14-20(26)11-9-17(18)13-16/h5-6,12,15-20H,1-2,7-11,13-14H2,3-4H3/t16-,17-,18?,19?,20?/m0/s1. The predicted octanol–water partition coefficient (Wildman–Crippen LogP) is 7.59. The quantitative estimate of drug-likeness (QED) is 0.301. The van der Waals surface area contributed by atoms with Crippen LogP contribution < -0.4 is 0 Å². The van der Waals surface area contributed by atoms with Gasteiger partial charge in [0.1, 0.15) is 0 Å². The summed E-state index contributed by atoms with van der Waals surface area (Å²) in [4.78, 5) is 0. The maximum Gasteiger partial charge on any atom is 0.0155 e. The monoisotopic (exact) mass is 460 g/mol. The molecule has 0 aromatic rings. The van der Waals surface area contributed by atoms with E-state index in [1.165, 1.54) is 67.2 Å². The maximum atomic E-state index is 4.09. The first kappa shape index (κ1) is 18.8. The summed E-state index contributed by atoms with van der Waals surface area (Å²) in [5, 5.41) is 0. The van der Waals surface area contributed by atoms with Crippen molar-refractivity contribution in [2.75, 3.05) is 0 Å². The molecule has 0 nitrogen and oxygen atoms in total.